The van der Waals surface area contributed by atoms with Crippen molar-refractivity contribution < 1.29 is 9.53 Å². The lowest BCUT2D eigenvalue weighted by molar-refractivity contribution is -0.133. The Balaban J connectivity index is 1.54. The quantitative estimate of drug-likeness (QED) is 0.853. The topological polar surface area (TPSA) is 42.4 Å². The predicted octanol–water partition coefficient (Wildman–Crippen LogP) is 3.43. The zero-order chi connectivity index (χ0) is 15.5. The van der Waals surface area contributed by atoms with E-state index in [1.54, 1.807) is 11.3 Å². The van der Waals surface area contributed by atoms with E-state index in [9.17, 15) is 4.79 Å². The lowest BCUT2D eigenvalue weighted by Crippen LogP contribution is -2.39. The van der Waals surface area contributed by atoms with E-state index in [0.29, 0.717) is 24.3 Å². The number of thiazole rings is 1. The first-order valence-corrected chi connectivity index (χ1v) is 9.28. The summed E-state index contributed by atoms with van der Waals surface area (Å²) < 4.78 is 5.62. The molecule has 0 aromatic carbocycles. The number of aromatic nitrogens is 1. The molecule has 3 heterocycles. The lowest BCUT2D eigenvalue weighted by Gasteiger charge is -2.32. The smallest absolute Gasteiger partial charge is 0.222 e. The summed E-state index contributed by atoms with van der Waals surface area (Å²) in [4.78, 5) is 20.5. The van der Waals surface area contributed by atoms with Gasteiger partial charge in [0.2, 0.25) is 5.91 Å². The van der Waals surface area contributed by atoms with E-state index in [1.165, 1.54) is 9.88 Å². The van der Waals surface area contributed by atoms with Gasteiger partial charge in [-0.05, 0) is 46.0 Å². The molecule has 0 unspecified atom stereocenters. The van der Waals surface area contributed by atoms with Gasteiger partial charge in [0, 0.05) is 36.9 Å². The van der Waals surface area contributed by atoms with Gasteiger partial charge in [-0.1, -0.05) is 0 Å². The molecular weight excluding hydrogens is 296 g/mol. The van der Waals surface area contributed by atoms with Crippen molar-refractivity contribution in [1.82, 2.24) is 9.88 Å². The lowest BCUT2D eigenvalue weighted by atomic mass is 9.98. The monoisotopic (exact) mass is 322 g/mol. The summed E-state index contributed by atoms with van der Waals surface area (Å²) in [5, 5.41) is 1.21. The van der Waals surface area contributed by atoms with Gasteiger partial charge in [-0.25, -0.2) is 4.98 Å². The highest BCUT2D eigenvalue weighted by Crippen LogP contribution is 2.31. The number of ether oxygens (including phenoxy) is 1. The Morgan fingerprint density at radius 2 is 2.23 bits per heavy atom. The average molecular weight is 322 g/mol. The van der Waals surface area contributed by atoms with Gasteiger partial charge in [0.1, 0.15) is 0 Å². The van der Waals surface area contributed by atoms with Crippen LogP contribution in [0, 0.1) is 13.8 Å². The Hall–Kier alpha value is -0.940. The minimum atomic E-state index is 0.296. The maximum Gasteiger partial charge on any atom is 0.222 e. The van der Waals surface area contributed by atoms with E-state index in [4.69, 9.17) is 9.72 Å². The average Bonchev–Trinajstić information content (AvgIpc) is 3.16. The van der Waals surface area contributed by atoms with Crippen molar-refractivity contribution in [2.75, 3.05) is 19.7 Å². The summed E-state index contributed by atoms with van der Waals surface area (Å²) in [7, 11) is 0. The molecule has 2 aliphatic heterocycles. The number of carbonyl (C=O) groups is 1. The minimum absolute atomic E-state index is 0.296. The summed E-state index contributed by atoms with van der Waals surface area (Å²) in [6, 6.07) is 0. The van der Waals surface area contributed by atoms with Crippen molar-refractivity contribution >= 4 is 17.2 Å². The van der Waals surface area contributed by atoms with Crippen molar-refractivity contribution in [3.8, 4) is 0 Å². The van der Waals surface area contributed by atoms with Crippen molar-refractivity contribution in [2.45, 2.75) is 64.4 Å². The number of hydrogen-bond donors (Lipinski definition) is 0. The molecule has 0 aliphatic carbocycles. The molecule has 2 aliphatic rings. The van der Waals surface area contributed by atoms with Gasteiger partial charge in [0.15, 0.2) is 0 Å². The van der Waals surface area contributed by atoms with Crippen LogP contribution in [0.1, 0.15) is 60.0 Å². The molecule has 3 rings (SSSR count). The molecule has 4 nitrogen and oxygen atoms in total. The molecule has 0 spiro atoms. The fourth-order valence-corrected chi connectivity index (χ4v) is 4.44. The van der Waals surface area contributed by atoms with Crippen molar-refractivity contribution in [3.63, 3.8) is 0 Å². The number of hydrogen-bond acceptors (Lipinski definition) is 4. The fraction of sp³-hybridized carbons (Fsp3) is 0.765. The Morgan fingerprint density at radius 1 is 1.36 bits per heavy atom. The molecule has 5 heteroatoms. The highest BCUT2D eigenvalue weighted by atomic mass is 32.1. The highest BCUT2D eigenvalue weighted by Gasteiger charge is 2.27. The van der Waals surface area contributed by atoms with Crippen LogP contribution >= 0.6 is 11.3 Å². The van der Waals surface area contributed by atoms with Crippen LogP contribution in [0.5, 0.6) is 0 Å². The molecule has 2 fully saturated rings. The van der Waals surface area contributed by atoms with Gasteiger partial charge < -0.3 is 9.64 Å². The van der Waals surface area contributed by atoms with Gasteiger partial charge in [-0.3, -0.25) is 4.79 Å². The molecule has 2 atom stereocenters. The first kappa shape index (κ1) is 15.9. The Kier molecular flexibility index (Phi) is 5.14. The summed E-state index contributed by atoms with van der Waals surface area (Å²) >= 11 is 1.80. The maximum absolute atomic E-state index is 12.5. The molecule has 122 valence electrons. The van der Waals surface area contributed by atoms with E-state index >= 15 is 0 Å². The summed E-state index contributed by atoms with van der Waals surface area (Å²) in [6.45, 7) is 6.82. The third-order valence-corrected chi connectivity index (χ3v) is 6.11. The molecule has 1 aromatic rings. The summed E-state index contributed by atoms with van der Waals surface area (Å²) in [6.07, 6.45) is 6.34. The second-order valence-corrected chi connectivity index (χ2v) is 7.78. The van der Waals surface area contributed by atoms with Crippen LogP contribution in [0.4, 0.5) is 0 Å². The number of likely N-dealkylation sites (tertiary alicyclic amines) is 1. The minimum Gasteiger partial charge on any atom is -0.378 e. The van der Waals surface area contributed by atoms with Crippen LogP contribution in [0.3, 0.4) is 0 Å². The van der Waals surface area contributed by atoms with Crippen molar-refractivity contribution in [1.29, 1.82) is 0 Å². The SMILES string of the molecule is Cc1nc([C@@H]2CCCN(C(=O)CC[C@@H]3CCCO3)C2)sc1C. The predicted molar refractivity (Wildman–Crippen MR) is 88.4 cm³/mol. The molecule has 2 saturated heterocycles. The number of nitrogens with zero attached hydrogens (tertiary/aromatic N) is 2. The van der Waals surface area contributed by atoms with Crippen LogP contribution in [-0.2, 0) is 9.53 Å². The van der Waals surface area contributed by atoms with Crippen LogP contribution in [0.25, 0.3) is 0 Å². The van der Waals surface area contributed by atoms with E-state index in [1.807, 2.05) is 0 Å². The zero-order valence-corrected chi connectivity index (χ0v) is 14.5. The first-order chi connectivity index (χ1) is 10.6. The van der Waals surface area contributed by atoms with Crippen molar-refractivity contribution in [2.24, 2.45) is 0 Å². The van der Waals surface area contributed by atoms with Gasteiger partial charge in [-0.15, -0.1) is 11.3 Å². The zero-order valence-electron chi connectivity index (χ0n) is 13.6. The second-order valence-electron chi connectivity index (χ2n) is 6.55. The molecular formula is C17H26N2O2S. The van der Waals surface area contributed by atoms with Crippen LogP contribution in [0.15, 0.2) is 0 Å². The number of aryl methyl sites for hydroxylation is 2. The number of amides is 1. The third-order valence-electron chi connectivity index (χ3n) is 4.87. The van der Waals surface area contributed by atoms with Gasteiger partial charge >= 0.3 is 0 Å². The third kappa shape index (κ3) is 3.69. The van der Waals surface area contributed by atoms with Crippen LogP contribution in [-0.4, -0.2) is 41.6 Å². The maximum atomic E-state index is 12.5. The highest BCUT2D eigenvalue weighted by molar-refractivity contribution is 7.11. The van der Waals surface area contributed by atoms with Gasteiger partial charge in [0.05, 0.1) is 16.8 Å². The fourth-order valence-electron chi connectivity index (χ4n) is 3.39. The summed E-state index contributed by atoms with van der Waals surface area (Å²) in [5.74, 6) is 0.725. The Morgan fingerprint density at radius 3 is 2.91 bits per heavy atom. The Labute approximate surface area is 136 Å². The van der Waals surface area contributed by atoms with Crippen LogP contribution in [0.2, 0.25) is 0 Å². The number of rotatable bonds is 4. The van der Waals surface area contributed by atoms with Crippen LogP contribution < -0.4 is 0 Å². The molecule has 0 bridgehead atoms. The van der Waals surface area contributed by atoms with Gasteiger partial charge in [0.25, 0.3) is 0 Å². The van der Waals surface area contributed by atoms with E-state index in [2.05, 4.69) is 18.7 Å². The van der Waals surface area contributed by atoms with E-state index in [-0.39, 0.29) is 0 Å². The number of carbonyl (C=O) groups excluding carboxylic acids is 1. The van der Waals surface area contributed by atoms with Crippen molar-refractivity contribution in [3.05, 3.63) is 15.6 Å². The molecule has 0 saturated carbocycles. The normalized spacial score (nSPS) is 25.6. The second kappa shape index (κ2) is 7.09. The molecule has 0 N–H and O–H groups in total. The molecule has 22 heavy (non-hydrogen) atoms. The van der Waals surface area contributed by atoms with E-state index in [0.717, 1.165) is 57.5 Å². The standard InChI is InChI=1S/C17H26N2O2S/c1-12-13(2)22-17(18-12)14-5-3-9-19(11-14)16(20)8-7-15-6-4-10-21-15/h14-15H,3-11H2,1-2H3/t14-,15+/m1/s1. The van der Waals surface area contributed by atoms with E-state index < -0.39 is 0 Å². The first-order valence-electron chi connectivity index (χ1n) is 8.47. The Bertz CT molecular complexity index is 503. The molecule has 0 radical (unpaired) electrons. The molecule has 1 amide bonds. The molecule has 1 aromatic heterocycles. The summed E-state index contributed by atoms with van der Waals surface area (Å²) in [5.41, 5.74) is 1.14. The number of piperidine rings is 1. The largest absolute Gasteiger partial charge is 0.378 e. The van der Waals surface area contributed by atoms with Gasteiger partial charge in [-0.2, -0.15) is 0 Å².